The van der Waals surface area contributed by atoms with E-state index in [9.17, 15) is 4.39 Å². The van der Waals surface area contributed by atoms with Gasteiger partial charge in [-0.3, -0.25) is 4.90 Å². The summed E-state index contributed by atoms with van der Waals surface area (Å²) in [7, 11) is 0. The van der Waals surface area contributed by atoms with Crippen LogP contribution in [0.15, 0.2) is 18.2 Å². The second-order valence-corrected chi connectivity index (χ2v) is 7.36. The van der Waals surface area contributed by atoms with Gasteiger partial charge in [0.25, 0.3) is 0 Å². The summed E-state index contributed by atoms with van der Waals surface area (Å²) in [6.07, 6.45) is 0. The van der Waals surface area contributed by atoms with Gasteiger partial charge in [0.2, 0.25) is 0 Å². The minimum Gasteiger partial charge on any atom is -0.367 e. The molecule has 21 heavy (non-hydrogen) atoms. The second-order valence-electron chi connectivity index (χ2n) is 6.95. The third-order valence-corrected chi connectivity index (χ3v) is 4.00. The summed E-state index contributed by atoms with van der Waals surface area (Å²) in [6.45, 7) is 10.3. The highest BCUT2D eigenvalue weighted by Crippen LogP contribution is 2.34. The van der Waals surface area contributed by atoms with Gasteiger partial charge in [0, 0.05) is 25.7 Å². The summed E-state index contributed by atoms with van der Waals surface area (Å²) in [6, 6.07) is 4.83. The van der Waals surface area contributed by atoms with E-state index in [4.69, 9.17) is 22.1 Å². The molecule has 118 valence electrons. The van der Waals surface area contributed by atoms with Crippen LogP contribution in [0.25, 0.3) is 0 Å². The molecular formula is C16H24ClFN2O. The molecule has 1 aromatic rings. The van der Waals surface area contributed by atoms with Gasteiger partial charge >= 0.3 is 0 Å². The number of benzene rings is 1. The smallest absolute Gasteiger partial charge is 0.141 e. The Balaban J connectivity index is 2.29. The maximum absolute atomic E-state index is 13.4. The largest absolute Gasteiger partial charge is 0.367 e. The highest BCUT2D eigenvalue weighted by atomic mass is 35.5. The number of ether oxygens (including phenoxy) is 1. The lowest BCUT2D eigenvalue weighted by Gasteiger charge is -2.49. The Bertz CT molecular complexity index is 503. The topological polar surface area (TPSA) is 38.5 Å². The molecule has 0 spiro atoms. The minimum atomic E-state index is -0.404. The predicted molar refractivity (Wildman–Crippen MR) is 84.0 cm³/mol. The van der Waals surface area contributed by atoms with Crippen molar-refractivity contribution in [2.24, 2.45) is 5.73 Å². The van der Waals surface area contributed by atoms with Gasteiger partial charge in [0.1, 0.15) is 5.82 Å². The molecule has 5 heteroatoms. The van der Waals surface area contributed by atoms with Crippen LogP contribution in [-0.2, 0) is 4.74 Å². The summed E-state index contributed by atoms with van der Waals surface area (Å²) in [5.74, 6) is -0.404. The molecule has 0 amide bonds. The molecule has 0 aliphatic carbocycles. The summed E-state index contributed by atoms with van der Waals surface area (Å²) in [4.78, 5) is 2.30. The fourth-order valence-electron chi connectivity index (χ4n) is 3.28. The van der Waals surface area contributed by atoms with E-state index >= 15 is 0 Å². The Morgan fingerprint density at radius 3 is 2.33 bits per heavy atom. The molecule has 2 N–H and O–H groups in total. The number of rotatable bonds is 3. The average molecular weight is 315 g/mol. The summed E-state index contributed by atoms with van der Waals surface area (Å²) in [5, 5.41) is 0.137. The molecular weight excluding hydrogens is 291 g/mol. The standard InChI is InChI=1S/C16H24ClFN2O/c1-15(2)9-20(10-16(3,4)21-15)14(8-19)11-5-6-13(18)12(17)7-11/h5-7,14H,8-10,19H2,1-4H3. The molecule has 3 nitrogen and oxygen atoms in total. The van der Waals surface area contributed by atoms with Gasteiger partial charge in [-0.2, -0.15) is 0 Å². The summed E-state index contributed by atoms with van der Waals surface area (Å²) < 4.78 is 19.5. The fraction of sp³-hybridized carbons (Fsp3) is 0.625. The highest BCUT2D eigenvalue weighted by Gasteiger charge is 2.40. The maximum Gasteiger partial charge on any atom is 0.141 e. The van der Waals surface area contributed by atoms with E-state index in [1.54, 1.807) is 12.1 Å². The van der Waals surface area contributed by atoms with Gasteiger partial charge in [-0.05, 0) is 45.4 Å². The Morgan fingerprint density at radius 2 is 1.86 bits per heavy atom. The van der Waals surface area contributed by atoms with Crippen molar-refractivity contribution in [2.45, 2.75) is 44.9 Å². The number of nitrogens with zero attached hydrogens (tertiary/aromatic N) is 1. The van der Waals surface area contributed by atoms with Crippen LogP contribution in [0.4, 0.5) is 4.39 Å². The molecule has 1 aliphatic rings. The average Bonchev–Trinajstić information content (AvgIpc) is 2.30. The predicted octanol–water partition coefficient (Wildman–Crippen LogP) is 3.37. The van der Waals surface area contributed by atoms with E-state index in [0.717, 1.165) is 18.7 Å². The third-order valence-electron chi connectivity index (χ3n) is 3.71. The Morgan fingerprint density at radius 1 is 1.29 bits per heavy atom. The van der Waals surface area contributed by atoms with Gasteiger partial charge in [0.15, 0.2) is 0 Å². The van der Waals surface area contributed by atoms with Crippen LogP contribution in [0.1, 0.15) is 39.3 Å². The van der Waals surface area contributed by atoms with Crippen molar-refractivity contribution in [3.8, 4) is 0 Å². The second kappa shape index (κ2) is 5.84. The molecule has 1 fully saturated rings. The van der Waals surface area contributed by atoms with Crippen LogP contribution in [0.5, 0.6) is 0 Å². The quantitative estimate of drug-likeness (QED) is 0.929. The first-order chi connectivity index (χ1) is 9.63. The van der Waals surface area contributed by atoms with Gasteiger partial charge in [0.05, 0.1) is 16.2 Å². The van der Waals surface area contributed by atoms with E-state index in [1.807, 2.05) is 0 Å². The molecule has 2 rings (SSSR count). The van der Waals surface area contributed by atoms with Gasteiger partial charge < -0.3 is 10.5 Å². The number of hydrogen-bond acceptors (Lipinski definition) is 3. The molecule has 0 saturated carbocycles. The lowest BCUT2D eigenvalue weighted by atomic mass is 9.95. The zero-order valence-electron chi connectivity index (χ0n) is 13.1. The lowest BCUT2D eigenvalue weighted by Crippen LogP contribution is -2.58. The number of morpholine rings is 1. The van der Waals surface area contributed by atoms with Crippen molar-refractivity contribution in [2.75, 3.05) is 19.6 Å². The van der Waals surface area contributed by atoms with Crippen molar-refractivity contribution in [3.05, 3.63) is 34.6 Å². The van der Waals surface area contributed by atoms with Crippen molar-refractivity contribution in [1.82, 2.24) is 4.90 Å². The van der Waals surface area contributed by atoms with E-state index in [2.05, 4.69) is 32.6 Å². The minimum absolute atomic E-state index is 0.00514. The molecule has 0 bridgehead atoms. The van der Waals surface area contributed by atoms with E-state index in [-0.39, 0.29) is 22.3 Å². The van der Waals surface area contributed by atoms with Gasteiger partial charge in [-0.1, -0.05) is 17.7 Å². The van der Waals surface area contributed by atoms with E-state index in [1.165, 1.54) is 6.07 Å². The summed E-state index contributed by atoms with van der Waals surface area (Å²) in [5.41, 5.74) is 6.42. The van der Waals surface area contributed by atoms with Crippen LogP contribution >= 0.6 is 11.6 Å². The van der Waals surface area contributed by atoms with Crippen molar-refractivity contribution < 1.29 is 9.13 Å². The molecule has 1 atom stereocenters. The number of nitrogens with two attached hydrogens (primary N) is 1. The van der Waals surface area contributed by atoms with Gasteiger partial charge in [-0.25, -0.2) is 4.39 Å². The third kappa shape index (κ3) is 3.95. The molecule has 1 aliphatic heterocycles. The highest BCUT2D eigenvalue weighted by molar-refractivity contribution is 6.30. The normalized spacial score (nSPS) is 23.0. The summed E-state index contributed by atoms with van der Waals surface area (Å²) >= 11 is 5.91. The van der Waals surface area contributed by atoms with E-state index in [0.29, 0.717) is 6.54 Å². The van der Waals surface area contributed by atoms with Crippen LogP contribution in [0, 0.1) is 5.82 Å². The number of halogens is 2. The first-order valence-electron chi connectivity index (χ1n) is 7.23. The molecule has 1 heterocycles. The zero-order chi connectivity index (χ0) is 15.8. The molecule has 1 aromatic carbocycles. The SMILES string of the molecule is CC1(C)CN(C(CN)c2ccc(F)c(Cl)c2)CC(C)(C)O1. The zero-order valence-corrected chi connectivity index (χ0v) is 13.9. The number of hydrogen-bond donors (Lipinski definition) is 1. The van der Waals surface area contributed by atoms with Crippen LogP contribution in [0.3, 0.4) is 0 Å². The van der Waals surface area contributed by atoms with Gasteiger partial charge in [-0.15, -0.1) is 0 Å². The molecule has 0 radical (unpaired) electrons. The first kappa shape index (κ1) is 16.7. The van der Waals surface area contributed by atoms with Crippen LogP contribution in [-0.4, -0.2) is 35.7 Å². The Hall–Kier alpha value is -0.680. The fourth-order valence-corrected chi connectivity index (χ4v) is 3.47. The molecule has 1 unspecified atom stereocenters. The monoisotopic (exact) mass is 314 g/mol. The van der Waals surface area contributed by atoms with Crippen LogP contribution in [0.2, 0.25) is 5.02 Å². The molecule has 0 aromatic heterocycles. The van der Waals surface area contributed by atoms with E-state index < -0.39 is 5.82 Å². The maximum atomic E-state index is 13.4. The first-order valence-corrected chi connectivity index (χ1v) is 7.61. The molecule has 1 saturated heterocycles. The Labute approximate surface area is 131 Å². The van der Waals surface area contributed by atoms with Crippen LogP contribution < -0.4 is 5.73 Å². The lowest BCUT2D eigenvalue weighted by molar-refractivity contribution is -0.187. The van der Waals surface area contributed by atoms with Crippen molar-refractivity contribution >= 4 is 11.6 Å². The van der Waals surface area contributed by atoms with Crippen molar-refractivity contribution in [1.29, 1.82) is 0 Å². The Kier molecular flexibility index (Phi) is 4.64. The van der Waals surface area contributed by atoms with Crippen molar-refractivity contribution in [3.63, 3.8) is 0 Å².